The Bertz CT molecular complexity index is 849. The Kier molecular flexibility index (Phi) is 3.96. The van der Waals surface area contributed by atoms with Gasteiger partial charge in [0.05, 0.1) is 7.11 Å². The highest BCUT2D eigenvalue weighted by atomic mass is 32.2. The predicted molar refractivity (Wildman–Crippen MR) is 95.7 cm³/mol. The summed E-state index contributed by atoms with van der Waals surface area (Å²) in [7, 11) is -0.530. The van der Waals surface area contributed by atoms with E-state index in [1.165, 1.54) is 9.21 Å². The molecule has 0 aliphatic carbocycles. The molecular weight excluding hydrogens is 356 g/mol. The van der Waals surface area contributed by atoms with Gasteiger partial charge in [-0.25, -0.2) is 12.7 Å². The first-order valence-electron chi connectivity index (χ1n) is 8.91. The summed E-state index contributed by atoms with van der Waals surface area (Å²) in [5.74, 6) is 0.408. The molecule has 1 aromatic carbocycles. The molecule has 3 aliphatic heterocycles. The summed E-state index contributed by atoms with van der Waals surface area (Å²) in [6, 6.07) is 5.37. The van der Waals surface area contributed by atoms with Crippen LogP contribution in [-0.4, -0.2) is 61.8 Å². The van der Waals surface area contributed by atoms with Gasteiger partial charge in [0.2, 0.25) is 15.9 Å². The average molecular weight is 380 g/mol. The van der Waals surface area contributed by atoms with E-state index >= 15 is 0 Å². The molecule has 142 valence electrons. The number of likely N-dealkylation sites (tertiary alicyclic amines) is 1. The van der Waals surface area contributed by atoms with E-state index in [1.54, 1.807) is 26.3 Å². The van der Waals surface area contributed by atoms with Crippen LogP contribution in [-0.2, 0) is 14.8 Å². The fourth-order valence-electron chi connectivity index (χ4n) is 4.34. The largest absolute Gasteiger partial charge is 0.497 e. The minimum absolute atomic E-state index is 0.392. The third-order valence-electron chi connectivity index (χ3n) is 5.94. The van der Waals surface area contributed by atoms with Gasteiger partial charge < -0.3 is 14.4 Å². The van der Waals surface area contributed by atoms with E-state index in [0.717, 1.165) is 18.4 Å². The van der Waals surface area contributed by atoms with E-state index in [4.69, 9.17) is 9.47 Å². The van der Waals surface area contributed by atoms with Crippen molar-refractivity contribution in [2.24, 2.45) is 0 Å². The number of rotatable bonds is 3. The van der Waals surface area contributed by atoms with Gasteiger partial charge in [-0.15, -0.1) is 0 Å². The molecule has 3 aliphatic rings. The monoisotopic (exact) mass is 380 g/mol. The lowest BCUT2D eigenvalue weighted by atomic mass is 9.80. The number of fused-ring (bicyclic) bond motifs is 4. The maximum Gasteiger partial charge on any atom is 0.245 e. The molecule has 1 amide bonds. The number of hydrogen-bond donors (Lipinski definition) is 0. The van der Waals surface area contributed by atoms with Gasteiger partial charge >= 0.3 is 0 Å². The number of amides is 1. The second-order valence-corrected chi connectivity index (χ2v) is 9.51. The zero-order chi connectivity index (χ0) is 18.7. The molecule has 2 fully saturated rings. The zero-order valence-electron chi connectivity index (χ0n) is 15.3. The molecule has 0 radical (unpaired) electrons. The van der Waals surface area contributed by atoms with E-state index in [0.29, 0.717) is 31.0 Å². The maximum atomic E-state index is 13.3. The Hall–Kier alpha value is -1.80. The molecule has 3 atom stereocenters. The van der Waals surface area contributed by atoms with E-state index in [-0.39, 0.29) is 0 Å². The topological polar surface area (TPSA) is 76.1 Å². The molecule has 0 spiro atoms. The molecule has 1 aromatic rings. The van der Waals surface area contributed by atoms with Crippen LogP contribution in [0.3, 0.4) is 0 Å². The highest BCUT2D eigenvalue weighted by Gasteiger charge is 2.58. The number of methoxy groups -OCH3 is 1. The lowest BCUT2D eigenvalue weighted by molar-refractivity contribution is -0.160. The molecule has 3 heterocycles. The van der Waals surface area contributed by atoms with Crippen molar-refractivity contribution in [3.05, 3.63) is 23.8 Å². The number of carbonyl (C=O) groups is 1. The normalized spacial score (nSPS) is 31.5. The predicted octanol–water partition coefficient (Wildman–Crippen LogP) is 1.54. The van der Waals surface area contributed by atoms with Crippen molar-refractivity contribution in [3.8, 4) is 11.5 Å². The van der Waals surface area contributed by atoms with Crippen molar-refractivity contribution in [3.63, 3.8) is 0 Å². The minimum atomic E-state index is -3.72. The van der Waals surface area contributed by atoms with E-state index in [1.807, 2.05) is 13.0 Å². The van der Waals surface area contributed by atoms with Gasteiger partial charge in [0.1, 0.15) is 11.5 Å². The van der Waals surface area contributed by atoms with Gasteiger partial charge in [-0.3, -0.25) is 4.79 Å². The number of sulfonamides is 1. The third kappa shape index (κ3) is 2.42. The van der Waals surface area contributed by atoms with Gasteiger partial charge in [-0.2, -0.15) is 0 Å². The number of piperidine rings is 1. The Labute approximate surface area is 153 Å². The fraction of sp³-hybridized carbons (Fsp3) is 0.611. The molecule has 7 nitrogen and oxygen atoms in total. The quantitative estimate of drug-likeness (QED) is 0.795. The number of ether oxygens (including phenoxy) is 2. The maximum absolute atomic E-state index is 13.3. The van der Waals surface area contributed by atoms with Crippen molar-refractivity contribution in [2.75, 3.05) is 27.2 Å². The lowest BCUT2D eigenvalue weighted by Gasteiger charge is -2.51. The third-order valence-corrected chi connectivity index (χ3v) is 8.20. The van der Waals surface area contributed by atoms with Crippen LogP contribution in [0.15, 0.2) is 18.2 Å². The molecule has 0 aromatic heterocycles. The number of benzene rings is 1. The van der Waals surface area contributed by atoms with Crippen LogP contribution in [0.5, 0.6) is 11.5 Å². The van der Waals surface area contributed by atoms with Gasteiger partial charge in [-0.1, -0.05) is 6.07 Å². The van der Waals surface area contributed by atoms with Gasteiger partial charge in [0, 0.05) is 38.5 Å². The second-order valence-electron chi connectivity index (χ2n) is 7.46. The first-order valence-corrected chi connectivity index (χ1v) is 10.4. The average Bonchev–Trinajstić information content (AvgIpc) is 3.14. The minimum Gasteiger partial charge on any atom is -0.497 e. The molecule has 8 heteroatoms. The Morgan fingerprint density at radius 2 is 1.96 bits per heavy atom. The number of carbonyl (C=O) groups excluding carboxylic acids is 1. The van der Waals surface area contributed by atoms with Crippen LogP contribution in [0.25, 0.3) is 0 Å². The molecule has 26 heavy (non-hydrogen) atoms. The standard InChI is InChI=1S/C18H24N2O5S/c1-18-11-14(13-7-6-12(24-3)10-15(13)25-18)16(17(21)19(18)2)26(22,23)20-8-4-5-9-20/h6-7,10,14,16H,4-5,8-9,11H2,1-3H3/t14-,16-,18-/m1/s1. The fourth-order valence-corrected chi connectivity index (χ4v) is 6.50. The van der Waals surface area contributed by atoms with Crippen molar-refractivity contribution < 1.29 is 22.7 Å². The molecule has 2 saturated heterocycles. The van der Waals surface area contributed by atoms with Crippen molar-refractivity contribution in [2.45, 2.75) is 43.1 Å². The summed E-state index contributed by atoms with van der Waals surface area (Å²) < 4.78 is 39.5. The Morgan fingerprint density at radius 1 is 1.27 bits per heavy atom. The van der Waals surface area contributed by atoms with E-state index < -0.39 is 32.8 Å². The summed E-state index contributed by atoms with van der Waals surface area (Å²) in [6.45, 7) is 2.82. The van der Waals surface area contributed by atoms with Gasteiger partial charge in [0.25, 0.3) is 0 Å². The zero-order valence-corrected chi connectivity index (χ0v) is 16.1. The summed E-state index contributed by atoms with van der Waals surface area (Å²) in [5, 5.41) is -1.10. The highest BCUT2D eigenvalue weighted by molar-refractivity contribution is 7.90. The molecule has 4 rings (SSSR count). The summed E-state index contributed by atoms with van der Waals surface area (Å²) in [5.41, 5.74) is -0.101. The first kappa shape index (κ1) is 17.6. The number of nitrogens with zero attached hydrogens (tertiary/aromatic N) is 2. The summed E-state index contributed by atoms with van der Waals surface area (Å²) >= 11 is 0. The van der Waals surface area contributed by atoms with Crippen LogP contribution >= 0.6 is 0 Å². The van der Waals surface area contributed by atoms with Crippen LogP contribution in [0.1, 0.15) is 37.7 Å². The molecule has 0 saturated carbocycles. The van der Waals surface area contributed by atoms with Crippen LogP contribution in [0, 0.1) is 0 Å². The number of hydrogen-bond acceptors (Lipinski definition) is 5. The first-order chi connectivity index (χ1) is 12.3. The van der Waals surface area contributed by atoms with Gasteiger partial charge in [0.15, 0.2) is 11.0 Å². The van der Waals surface area contributed by atoms with Crippen molar-refractivity contribution >= 4 is 15.9 Å². The molecule has 0 N–H and O–H groups in total. The summed E-state index contributed by atoms with van der Waals surface area (Å²) in [4.78, 5) is 14.5. The summed E-state index contributed by atoms with van der Waals surface area (Å²) in [6.07, 6.45) is 2.14. The molecule has 2 bridgehead atoms. The van der Waals surface area contributed by atoms with Crippen molar-refractivity contribution in [1.82, 2.24) is 9.21 Å². The van der Waals surface area contributed by atoms with Crippen LogP contribution in [0.2, 0.25) is 0 Å². The highest BCUT2D eigenvalue weighted by Crippen LogP contribution is 2.50. The van der Waals surface area contributed by atoms with Crippen LogP contribution < -0.4 is 9.47 Å². The van der Waals surface area contributed by atoms with E-state index in [2.05, 4.69) is 0 Å². The molecular formula is C18H24N2O5S. The smallest absolute Gasteiger partial charge is 0.245 e. The second kappa shape index (κ2) is 5.85. The van der Waals surface area contributed by atoms with Crippen molar-refractivity contribution in [1.29, 1.82) is 0 Å². The SMILES string of the molecule is COc1ccc2c(c1)O[C@]1(C)C[C@H]2[C@@H](S(=O)(=O)N2CCCC2)C(=O)N1C. The molecule has 0 unspecified atom stereocenters. The lowest BCUT2D eigenvalue weighted by Crippen LogP contribution is -2.65. The Balaban J connectivity index is 1.84. The van der Waals surface area contributed by atoms with Gasteiger partial charge in [-0.05, 0) is 31.4 Å². The Morgan fingerprint density at radius 3 is 2.62 bits per heavy atom. The van der Waals surface area contributed by atoms with E-state index in [9.17, 15) is 13.2 Å². The van der Waals surface area contributed by atoms with Crippen LogP contribution in [0.4, 0.5) is 0 Å².